The summed E-state index contributed by atoms with van der Waals surface area (Å²) in [5.74, 6) is 1.85. The van der Waals surface area contributed by atoms with Crippen molar-refractivity contribution in [2.45, 2.75) is 45.1 Å². The van der Waals surface area contributed by atoms with Gasteiger partial charge < -0.3 is 9.80 Å². The minimum absolute atomic E-state index is 0.668. The lowest BCUT2D eigenvalue weighted by atomic mass is 10.0. The van der Waals surface area contributed by atoms with Crippen LogP contribution in [0.3, 0.4) is 0 Å². The van der Waals surface area contributed by atoms with Gasteiger partial charge in [0.05, 0.1) is 0 Å². The molecule has 0 amide bonds. The topological polar surface area (TPSA) is 19.4 Å². The van der Waals surface area contributed by atoms with Crippen LogP contribution in [0.1, 0.15) is 44.6 Å². The predicted molar refractivity (Wildman–Crippen MR) is 79.8 cm³/mol. The molecule has 0 bridgehead atoms. The van der Waals surface area contributed by atoms with Crippen molar-refractivity contribution in [2.24, 2.45) is 0 Å². The van der Waals surface area contributed by atoms with Gasteiger partial charge in [-0.15, -0.1) is 0 Å². The molecule has 104 valence electrons. The monoisotopic (exact) mass is 259 g/mol. The van der Waals surface area contributed by atoms with Gasteiger partial charge in [0.1, 0.15) is 5.82 Å². The Morgan fingerprint density at radius 2 is 1.95 bits per heavy atom. The third-order valence-electron chi connectivity index (χ3n) is 4.62. The molecule has 3 heterocycles. The van der Waals surface area contributed by atoms with E-state index in [1.54, 1.807) is 0 Å². The first-order valence-electron chi connectivity index (χ1n) is 7.69. The number of aromatic nitrogens is 1. The minimum Gasteiger partial charge on any atom is -0.357 e. The van der Waals surface area contributed by atoms with Crippen LogP contribution in [0.4, 0.5) is 5.82 Å². The van der Waals surface area contributed by atoms with Gasteiger partial charge in [0.2, 0.25) is 0 Å². The lowest BCUT2D eigenvalue weighted by Gasteiger charge is -2.20. The average Bonchev–Trinajstić information content (AvgIpc) is 3.11. The molecule has 0 radical (unpaired) electrons. The number of anilines is 1. The molecule has 0 aromatic carbocycles. The Labute approximate surface area is 116 Å². The molecule has 0 spiro atoms. The Morgan fingerprint density at radius 3 is 2.53 bits per heavy atom. The molecule has 0 N–H and O–H groups in total. The van der Waals surface area contributed by atoms with E-state index in [1.807, 2.05) is 0 Å². The molecule has 1 aromatic rings. The zero-order valence-electron chi connectivity index (χ0n) is 12.2. The molecule has 3 rings (SSSR count). The van der Waals surface area contributed by atoms with E-state index >= 15 is 0 Å². The molecule has 2 aliphatic rings. The van der Waals surface area contributed by atoms with Crippen molar-refractivity contribution in [1.82, 2.24) is 9.88 Å². The minimum atomic E-state index is 0.668. The van der Waals surface area contributed by atoms with Crippen LogP contribution in [-0.2, 0) is 0 Å². The lowest BCUT2D eigenvalue weighted by molar-refractivity contribution is 0.272. The van der Waals surface area contributed by atoms with E-state index in [9.17, 15) is 0 Å². The maximum Gasteiger partial charge on any atom is 0.128 e. The standard InChI is InChI=1S/C16H25N3/c1-13(2)19-10-7-15(12-19)14-5-6-16(17-11-14)18-8-3-4-9-18/h5-6,11,13,15H,3-4,7-10,12H2,1-2H3. The molecule has 1 unspecified atom stereocenters. The Bertz CT molecular complexity index is 407. The van der Waals surface area contributed by atoms with E-state index in [0.29, 0.717) is 12.0 Å². The first kappa shape index (κ1) is 12.9. The van der Waals surface area contributed by atoms with Gasteiger partial charge in [-0.2, -0.15) is 0 Å². The van der Waals surface area contributed by atoms with Crippen LogP contribution in [0.25, 0.3) is 0 Å². The fraction of sp³-hybridized carbons (Fsp3) is 0.688. The molecule has 19 heavy (non-hydrogen) atoms. The second-order valence-electron chi connectivity index (χ2n) is 6.22. The zero-order valence-corrected chi connectivity index (χ0v) is 12.2. The highest BCUT2D eigenvalue weighted by Gasteiger charge is 2.25. The van der Waals surface area contributed by atoms with E-state index in [1.165, 1.54) is 56.8 Å². The molecular weight excluding hydrogens is 234 g/mol. The van der Waals surface area contributed by atoms with Crippen LogP contribution >= 0.6 is 0 Å². The molecular formula is C16H25N3. The van der Waals surface area contributed by atoms with Crippen molar-refractivity contribution in [3.8, 4) is 0 Å². The number of nitrogens with zero attached hydrogens (tertiary/aromatic N) is 3. The third-order valence-corrected chi connectivity index (χ3v) is 4.62. The van der Waals surface area contributed by atoms with Gasteiger partial charge >= 0.3 is 0 Å². The summed E-state index contributed by atoms with van der Waals surface area (Å²) in [6, 6.07) is 5.19. The van der Waals surface area contributed by atoms with E-state index < -0.39 is 0 Å². The van der Waals surface area contributed by atoms with E-state index in [2.05, 4.69) is 47.0 Å². The Morgan fingerprint density at radius 1 is 1.16 bits per heavy atom. The van der Waals surface area contributed by atoms with Crippen molar-refractivity contribution >= 4 is 5.82 Å². The second-order valence-corrected chi connectivity index (χ2v) is 6.22. The van der Waals surface area contributed by atoms with E-state index in [4.69, 9.17) is 0 Å². The number of rotatable bonds is 3. The van der Waals surface area contributed by atoms with Gasteiger partial charge in [-0.3, -0.25) is 0 Å². The van der Waals surface area contributed by atoms with Gasteiger partial charge in [-0.05, 0) is 57.2 Å². The fourth-order valence-electron chi connectivity index (χ4n) is 3.30. The van der Waals surface area contributed by atoms with E-state index in [0.717, 1.165) is 0 Å². The van der Waals surface area contributed by atoms with Crippen molar-refractivity contribution in [3.63, 3.8) is 0 Å². The van der Waals surface area contributed by atoms with Crippen molar-refractivity contribution in [2.75, 3.05) is 31.1 Å². The quantitative estimate of drug-likeness (QED) is 0.832. The summed E-state index contributed by atoms with van der Waals surface area (Å²) in [6.45, 7) is 9.36. The molecule has 0 saturated carbocycles. The van der Waals surface area contributed by atoms with Gasteiger partial charge in [0, 0.05) is 31.9 Å². The fourth-order valence-corrected chi connectivity index (χ4v) is 3.30. The van der Waals surface area contributed by atoms with Crippen LogP contribution in [0.2, 0.25) is 0 Å². The Kier molecular flexibility index (Phi) is 3.74. The summed E-state index contributed by atoms with van der Waals surface area (Å²) in [7, 11) is 0. The summed E-state index contributed by atoms with van der Waals surface area (Å²) in [6.07, 6.45) is 6.02. The molecule has 1 aromatic heterocycles. The maximum atomic E-state index is 4.68. The lowest BCUT2D eigenvalue weighted by Crippen LogP contribution is -2.27. The summed E-state index contributed by atoms with van der Waals surface area (Å²) >= 11 is 0. The normalized spacial score (nSPS) is 24.6. The van der Waals surface area contributed by atoms with Gasteiger partial charge in [0.25, 0.3) is 0 Å². The molecule has 2 saturated heterocycles. The Balaban J connectivity index is 1.66. The molecule has 0 aliphatic carbocycles. The van der Waals surface area contributed by atoms with Gasteiger partial charge in [-0.1, -0.05) is 6.07 Å². The van der Waals surface area contributed by atoms with Crippen molar-refractivity contribution < 1.29 is 0 Å². The van der Waals surface area contributed by atoms with Gasteiger partial charge in [-0.25, -0.2) is 4.98 Å². The average molecular weight is 259 g/mol. The molecule has 2 fully saturated rings. The molecule has 3 heteroatoms. The molecule has 1 atom stereocenters. The number of pyridine rings is 1. The summed E-state index contributed by atoms with van der Waals surface area (Å²) in [5.41, 5.74) is 1.42. The SMILES string of the molecule is CC(C)N1CCC(c2ccc(N3CCCC3)nc2)C1. The highest BCUT2D eigenvalue weighted by Crippen LogP contribution is 2.29. The van der Waals surface area contributed by atoms with E-state index in [-0.39, 0.29) is 0 Å². The highest BCUT2D eigenvalue weighted by molar-refractivity contribution is 5.40. The maximum absolute atomic E-state index is 4.68. The number of hydrogen-bond donors (Lipinski definition) is 0. The molecule has 3 nitrogen and oxygen atoms in total. The third kappa shape index (κ3) is 2.76. The highest BCUT2D eigenvalue weighted by atomic mass is 15.2. The molecule has 2 aliphatic heterocycles. The zero-order chi connectivity index (χ0) is 13.2. The van der Waals surface area contributed by atoms with Crippen LogP contribution < -0.4 is 4.90 Å². The Hall–Kier alpha value is -1.09. The summed E-state index contributed by atoms with van der Waals surface area (Å²) < 4.78 is 0. The van der Waals surface area contributed by atoms with Crippen LogP contribution in [0.15, 0.2) is 18.3 Å². The van der Waals surface area contributed by atoms with Gasteiger partial charge in [0.15, 0.2) is 0 Å². The van der Waals surface area contributed by atoms with Crippen molar-refractivity contribution in [3.05, 3.63) is 23.9 Å². The van der Waals surface area contributed by atoms with Crippen LogP contribution in [-0.4, -0.2) is 42.1 Å². The van der Waals surface area contributed by atoms with Crippen molar-refractivity contribution in [1.29, 1.82) is 0 Å². The number of likely N-dealkylation sites (tertiary alicyclic amines) is 1. The number of hydrogen-bond acceptors (Lipinski definition) is 3. The summed E-state index contributed by atoms with van der Waals surface area (Å²) in [4.78, 5) is 9.65. The van der Waals surface area contributed by atoms with Crippen LogP contribution in [0.5, 0.6) is 0 Å². The predicted octanol–water partition coefficient (Wildman–Crippen LogP) is 2.88. The first-order valence-corrected chi connectivity index (χ1v) is 7.69. The summed E-state index contributed by atoms with van der Waals surface area (Å²) in [5, 5.41) is 0. The second kappa shape index (κ2) is 5.49. The largest absolute Gasteiger partial charge is 0.357 e. The van der Waals surface area contributed by atoms with Crippen LogP contribution in [0, 0.1) is 0 Å². The first-order chi connectivity index (χ1) is 9.24. The smallest absolute Gasteiger partial charge is 0.128 e.